The summed E-state index contributed by atoms with van der Waals surface area (Å²) in [5, 5.41) is 11.5. The topological polar surface area (TPSA) is 68.2 Å². The molecule has 27 heavy (non-hydrogen) atoms. The van der Waals surface area contributed by atoms with Gasteiger partial charge < -0.3 is 19.3 Å². The van der Waals surface area contributed by atoms with E-state index in [9.17, 15) is 9.90 Å². The van der Waals surface area contributed by atoms with Crippen LogP contribution in [0.3, 0.4) is 0 Å². The molecule has 1 unspecified atom stereocenters. The summed E-state index contributed by atoms with van der Waals surface area (Å²) in [6.07, 6.45) is 0.417. The third kappa shape index (κ3) is 5.45. The van der Waals surface area contributed by atoms with Gasteiger partial charge in [-0.3, -0.25) is 9.69 Å². The van der Waals surface area contributed by atoms with E-state index >= 15 is 0 Å². The second kappa shape index (κ2) is 9.73. The number of carboxylic acids is 1. The highest BCUT2D eigenvalue weighted by Crippen LogP contribution is 2.31. The second-order valence-corrected chi connectivity index (χ2v) is 7.38. The molecule has 146 valence electrons. The molecule has 0 saturated carbocycles. The van der Waals surface area contributed by atoms with Crippen molar-refractivity contribution in [2.45, 2.75) is 12.3 Å². The van der Waals surface area contributed by atoms with Crippen LogP contribution in [-0.2, 0) is 16.0 Å². The maximum atomic E-state index is 11.7. The van der Waals surface area contributed by atoms with Gasteiger partial charge >= 0.3 is 5.97 Å². The van der Waals surface area contributed by atoms with E-state index in [0.29, 0.717) is 24.5 Å². The zero-order valence-electron chi connectivity index (χ0n) is 15.4. The summed E-state index contributed by atoms with van der Waals surface area (Å²) in [6.45, 7) is 4.81. The quantitative estimate of drug-likeness (QED) is 0.709. The van der Waals surface area contributed by atoms with Crippen molar-refractivity contribution in [1.82, 2.24) is 4.90 Å². The summed E-state index contributed by atoms with van der Waals surface area (Å²) < 4.78 is 16.7. The second-order valence-electron chi connectivity index (χ2n) is 6.40. The average Bonchev–Trinajstić information content (AvgIpc) is 3.21. The van der Waals surface area contributed by atoms with E-state index in [1.165, 1.54) is 11.3 Å². The molecule has 1 aromatic carbocycles. The fraction of sp³-hybridized carbons (Fsp3) is 0.450. The number of rotatable bonds is 9. The molecule has 1 N–H and O–H groups in total. The van der Waals surface area contributed by atoms with Crippen LogP contribution in [0.25, 0.3) is 0 Å². The zero-order chi connectivity index (χ0) is 19.1. The highest BCUT2D eigenvalue weighted by atomic mass is 32.1. The first-order valence-corrected chi connectivity index (χ1v) is 9.91. The predicted octanol–water partition coefficient (Wildman–Crippen LogP) is 2.88. The van der Waals surface area contributed by atoms with E-state index in [4.69, 9.17) is 14.2 Å². The molecule has 1 fully saturated rings. The van der Waals surface area contributed by atoms with Gasteiger partial charge in [-0.05, 0) is 35.6 Å². The molecule has 6 nitrogen and oxygen atoms in total. The Morgan fingerprint density at radius 2 is 2.11 bits per heavy atom. The molecule has 1 saturated heterocycles. The molecular weight excluding hydrogens is 366 g/mol. The molecule has 0 aliphatic carbocycles. The molecule has 3 rings (SSSR count). The Bertz CT molecular complexity index is 728. The number of morpholine rings is 1. The van der Waals surface area contributed by atoms with Gasteiger partial charge in [0.1, 0.15) is 6.61 Å². The maximum Gasteiger partial charge on any atom is 0.312 e. The fourth-order valence-corrected chi connectivity index (χ4v) is 3.92. The lowest BCUT2D eigenvalue weighted by Crippen LogP contribution is -2.38. The largest absolute Gasteiger partial charge is 0.493 e. The average molecular weight is 391 g/mol. The van der Waals surface area contributed by atoms with E-state index in [1.54, 1.807) is 7.11 Å². The number of carboxylic acid groups (broad SMARTS) is 1. The van der Waals surface area contributed by atoms with E-state index in [0.717, 1.165) is 43.3 Å². The van der Waals surface area contributed by atoms with Crippen molar-refractivity contribution < 1.29 is 24.1 Å². The molecular formula is C20H25NO5S. The van der Waals surface area contributed by atoms with Gasteiger partial charge in [0.25, 0.3) is 0 Å². The Balaban J connectivity index is 1.62. The minimum atomic E-state index is -0.817. The first-order chi connectivity index (χ1) is 13.2. The molecule has 1 aliphatic rings. The van der Waals surface area contributed by atoms with Gasteiger partial charge in [0.05, 0.1) is 26.2 Å². The van der Waals surface area contributed by atoms with E-state index in [2.05, 4.69) is 4.90 Å². The van der Waals surface area contributed by atoms with Crippen LogP contribution in [0.1, 0.15) is 16.4 Å². The molecule has 1 aromatic heterocycles. The van der Waals surface area contributed by atoms with Crippen molar-refractivity contribution in [2.24, 2.45) is 0 Å². The summed E-state index contributed by atoms with van der Waals surface area (Å²) in [6, 6.07) is 9.39. The van der Waals surface area contributed by atoms with Crippen LogP contribution >= 0.6 is 11.3 Å². The molecule has 2 heterocycles. The van der Waals surface area contributed by atoms with Crippen LogP contribution in [-0.4, -0.2) is 62.5 Å². The fourth-order valence-electron chi connectivity index (χ4n) is 3.10. The van der Waals surface area contributed by atoms with Gasteiger partial charge in [-0.1, -0.05) is 12.1 Å². The summed E-state index contributed by atoms with van der Waals surface area (Å²) >= 11 is 1.47. The lowest BCUT2D eigenvalue weighted by molar-refractivity contribution is -0.138. The standard InChI is InChI=1S/C20H25NO5S/c1-24-18-14-15(13-16(20(22)23)19-3-2-12-27-19)4-5-17(18)26-11-8-21-6-9-25-10-7-21/h2-5,12,14,16H,6-11,13H2,1H3,(H,22,23). The number of ether oxygens (including phenoxy) is 3. The Labute approximate surface area is 163 Å². The molecule has 0 spiro atoms. The molecule has 0 bridgehead atoms. The Morgan fingerprint density at radius 1 is 1.30 bits per heavy atom. The molecule has 0 radical (unpaired) electrons. The summed E-state index contributed by atoms with van der Waals surface area (Å²) in [7, 11) is 1.60. The first kappa shape index (κ1) is 19.7. The van der Waals surface area contributed by atoms with Crippen molar-refractivity contribution in [3.63, 3.8) is 0 Å². The molecule has 7 heteroatoms. The SMILES string of the molecule is COc1cc(CC(C(=O)O)c2cccs2)ccc1OCCN1CCOCC1. The number of nitrogens with zero attached hydrogens (tertiary/aromatic N) is 1. The minimum Gasteiger partial charge on any atom is -0.493 e. The van der Waals surface area contributed by atoms with Crippen LogP contribution in [0, 0.1) is 0 Å². The van der Waals surface area contributed by atoms with Gasteiger partial charge in [-0.2, -0.15) is 0 Å². The third-order valence-corrected chi connectivity index (χ3v) is 5.61. The number of methoxy groups -OCH3 is 1. The van der Waals surface area contributed by atoms with Crippen molar-refractivity contribution in [3.8, 4) is 11.5 Å². The van der Waals surface area contributed by atoms with Gasteiger partial charge in [0.15, 0.2) is 11.5 Å². The Hall–Kier alpha value is -2.09. The maximum absolute atomic E-state index is 11.7. The number of benzene rings is 1. The lowest BCUT2D eigenvalue weighted by atomic mass is 9.97. The van der Waals surface area contributed by atoms with Gasteiger partial charge in [-0.25, -0.2) is 0 Å². The number of thiophene rings is 1. The van der Waals surface area contributed by atoms with Crippen LogP contribution in [0.2, 0.25) is 0 Å². The van der Waals surface area contributed by atoms with Gasteiger partial charge in [0.2, 0.25) is 0 Å². The molecule has 1 atom stereocenters. The van der Waals surface area contributed by atoms with Crippen molar-refractivity contribution >= 4 is 17.3 Å². The predicted molar refractivity (Wildman–Crippen MR) is 104 cm³/mol. The van der Waals surface area contributed by atoms with Crippen LogP contribution in [0.4, 0.5) is 0 Å². The summed E-state index contributed by atoms with van der Waals surface area (Å²) in [5.41, 5.74) is 0.910. The summed E-state index contributed by atoms with van der Waals surface area (Å²) in [4.78, 5) is 14.8. The highest BCUT2D eigenvalue weighted by Gasteiger charge is 2.22. The van der Waals surface area contributed by atoms with Crippen molar-refractivity contribution in [2.75, 3.05) is 46.6 Å². The first-order valence-electron chi connectivity index (χ1n) is 9.03. The van der Waals surface area contributed by atoms with E-state index in [-0.39, 0.29) is 0 Å². The van der Waals surface area contributed by atoms with Crippen molar-refractivity contribution in [1.29, 1.82) is 0 Å². The van der Waals surface area contributed by atoms with Gasteiger partial charge in [-0.15, -0.1) is 11.3 Å². The number of aliphatic carboxylic acids is 1. The highest BCUT2D eigenvalue weighted by molar-refractivity contribution is 7.10. The lowest BCUT2D eigenvalue weighted by Gasteiger charge is -2.26. The Morgan fingerprint density at radius 3 is 2.78 bits per heavy atom. The van der Waals surface area contributed by atoms with Crippen LogP contribution in [0.5, 0.6) is 11.5 Å². The van der Waals surface area contributed by atoms with Gasteiger partial charge in [0, 0.05) is 24.5 Å². The molecule has 1 aliphatic heterocycles. The summed E-state index contributed by atoms with van der Waals surface area (Å²) in [5.74, 6) is -0.0626. The Kier molecular flexibility index (Phi) is 7.09. The van der Waals surface area contributed by atoms with E-state index in [1.807, 2.05) is 35.7 Å². The van der Waals surface area contributed by atoms with Crippen molar-refractivity contribution in [3.05, 3.63) is 46.2 Å². The number of carbonyl (C=O) groups is 1. The van der Waals surface area contributed by atoms with E-state index < -0.39 is 11.9 Å². The smallest absolute Gasteiger partial charge is 0.312 e. The number of hydrogen-bond donors (Lipinski definition) is 1. The molecule has 2 aromatic rings. The van der Waals surface area contributed by atoms with Crippen LogP contribution < -0.4 is 9.47 Å². The number of hydrogen-bond acceptors (Lipinski definition) is 6. The minimum absolute atomic E-state index is 0.417. The third-order valence-electron chi connectivity index (χ3n) is 4.62. The van der Waals surface area contributed by atoms with Crippen LogP contribution in [0.15, 0.2) is 35.7 Å². The normalized spacial score (nSPS) is 16.0. The zero-order valence-corrected chi connectivity index (χ0v) is 16.2. The monoisotopic (exact) mass is 391 g/mol. The molecule has 0 amide bonds.